The number of anilines is 1. The predicted octanol–water partition coefficient (Wildman–Crippen LogP) is 1.62. The maximum absolute atomic E-state index is 5.78. The minimum absolute atomic E-state index is 0.489. The number of pyridine rings is 1. The molecule has 0 saturated carbocycles. The molecule has 0 radical (unpaired) electrons. The molecule has 1 aliphatic rings. The van der Waals surface area contributed by atoms with Gasteiger partial charge in [-0.2, -0.15) is 0 Å². The molecule has 2 heterocycles. The van der Waals surface area contributed by atoms with Crippen LogP contribution in [0.25, 0.3) is 0 Å². The van der Waals surface area contributed by atoms with Crippen molar-refractivity contribution in [1.82, 2.24) is 9.88 Å². The molecular weight excluding hydrogens is 214 g/mol. The molecular formula is C13H21N3O. The number of hydrogen-bond acceptors (Lipinski definition) is 4. The molecule has 1 fully saturated rings. The van der Waals surface area contributed by atoms with Gasteiger partial charge in [0.15, 0.2) is 0 Å². The van der Waals surface area contributed by atoms with Crippen molar-refractivity contribution in [2.24, 2.45) is 0 Å². The van der Waals surface area contributed by atoms with Crippen LogP contribution in [0.4, 0.5) is 5.82 Å². The molecule has 1 unspecified atom stereocenters. The van der Waals surface area contributed by atoms with Crippen LogP contribution in [0.2, 0.25) is 0 Å². The van der Waals surface area contributed by atoms with Crippen LogP contribution < -0.4 is 5.73 Å². The van der Waals surface area contributed by atoms with Crippen molar-refractivity contribution in [3.05, 3.63) is 23.4 Å². The minimum atomic E-state index is 0.489. The quantitative estimate of drug-likeness (QED) is 0.861. The summed E-state index contributed by atoms with van der Waals surface area (Å²) in [5.74, 6) is 1.09. The third-order valence-corrected chi connectivity index (χ3v) is 3.36. The van der Waals surface area contributed by atoms with Crippen molar-refractivity contribution in [3.8, 4) is 0 Å². The first-order chi connectivity index (χ1) is 8.20. The topological polar surface area (TPSA) is 51.4 Å². The normalized spacial score (nSPS) is 20.1. The van der Waals surface area contributed by atoms with E-state index in [-0.39, 0.29) is 0 Å². The van der Waals surface area contributed by atoms with E-state index in [4.69, 9.17) is 10.5 Å². The average Bonchev–Trinajstić information content (AvgIpc) is 2.82. The van der Waals surface area contributed by atoms with Crippen LogP contribution in [0.3, 0.4) is 0 Å². The van der Waals surface area contributed by atoms with Crippen LogP contribution in [0.5, 0.6) is 0 Å². The van der Waals surface area contributed by atoms with E-state index in [0.717, 1.165) is 38.4 Å². The molecule has 1 aromatic rings. The number of ether oxygens (including phenoxy) is 1. The lowest BCUT2D eigenvalue weighted by molar-refractivity contribution is 0.193. The first kappa shape index (κ1) is 12.3. The van der Waals surface area contributed by atoms with E-state index in [1.165, 1.54) is 5.56 Å². The average molecular weight is 235 g/mol. The summed E-state index contributed by atoms with van der Waals surface area (Å²) in [7, 11) is 2.10. The predicted molar refractivity (Wildman–Crippen MR) is 68.8 cm³/mol. The molecule has 2 N–H and O–H groups in total. The number of aromatic nitrogens is 1. The Bertz CT molecular complexity index is 375. The van der Waals surface area contributed by atoms with Gasteiger partial charge in [-0.05, 0) is 31.6 Å². The van der Waals surface area contributed by atoms with Crippen LogP contribution in [-0.4, -0.2) is 36.7 Å². The molecule has 0 spiro atoms. The molecule has 0 amide bonds. The van der Waals surface area contributed by atoms with E-state index in [1.54, 1.807) is 0 Å². The summed E-state index contributed by atoms with van der Waals surface area (Å²) < 4.78 is 5.46. The number of nitrogen functional groups attached to an aromatic ring is 1. The third kappa shape index (κ3) is 2.96. The van der Waals surface area contributed by atoms with Gasteiger partial charge in [0, 0.05) is 19.1 Å². The summed E-state index contributed by atoms with van der Waals surface area (Å²) >= 11 is 0. The molecule has 4 heteroatoms. The van der Waals surface area contributed by atoms with Gasteiger partial charge in [-0.15, -0.1) is 0 Å². The van der Waals surface area contributed by atoms with Gasteiger partial charge < -0.3 is 15.4 Å². The molecule has 1 aromatic heterocycles. The summed E-state index contributed by atoms with van der Waals surface area (Å²) in [6.45, 7) is 5.68. The summed E-state index contributed by atoms with van der Waals surface area (Å²) in [6.07, 6.45) is 1.09. The number of hydrogen-bond donors (Lipinski definition) is 1. The second-order valence-electron chi connectivity index (χ2n) is 4.66. The first-order valence-electron chi connectivity index (χ1n) is 6.22. The van der Waals surface area contributed by atoms with Crippen LogP contribution in [0.15, 0.2) is 12.1 Å². The van der Waals surface area contributed by atoms with E-state index >= 15 is 0 Å². The molecule has 94 valence electrons. The highest BCUT2D eigenvalue weighted by Gasteiger charge is 2.21. The maximum Gasteiger partial charge on any atom is 0.123 e. The van der Waals surface area contributed by atoms with Gasteiger partial charge in [0.05, 0.1) is 12.3 Å². The van der Waals surface area contributed by atoms with Crippen LogP contribution in [0, 0.1) is 0 Å². The second-order valence-corrected chi connectivity index (χ2v) is 4.66. The van der Waals surface area contributed by atoms with Crippen molar-refractivity contribution < 1.29 is 4.74 Å². The van der Waals surface area contributed by atoms with Gasteiger partial charge in [-0.25, -0.2) is 4.98 Å². The Balaban J connectivity index is 2.23. The van der Waals surface area contributed by atoms with Crippen molar-refractivity contribution in [3.63, 3.8) is 0 Å². The Kier molecular flexibility index (Phi) is 3.97. The van der Waals surface area contributed by atoms with Gasteiger partial charge in [-0.3, -0.25) is 0 Å². The lowest BCUT2D eigenvalue weighted by atomic mass is 9.96. The SMILES string of the molecule is CCN(C)Cc1nc(N)ccc1C1CCOC1. The second kappa shape index (κ2) is 5.47. The van der Waals surface area contributed by atoms with Crippen molar-refractivity contribution in [2.75, 3.05) is 32.5 Å². The van der Waals surface area contributed by atoms with Crippen molar-refractivity contribution in [2.45, 2.75) is 25.8 Å². The zero-order valence-corrected chi connectivity index (χ0v) is 10.6. The van der Waals surface area contributed by atoms with Gasteiger partial charge in [0.1, 0.15) is 5.82 Å². The Morgan fingerprint density at radius 3 is 3.00 bits per heavy atom. The van der Waals surface area contributed by atoms with E-state index in [1.807, 2.05) is 6.07 Å². The molecule has 4 nitrogen and oxygen atoms in total. The summed E-state index contributed by atoms with van der Waals surface area (Å²) in [5.41, 5.74) is 8.19. The lowest BCUT2D eigenvalue weighted by Crippen LogP contribution is -2.20. The molecule has 2 rings (SSSR count). The molecule has 0 aliphatic carbocycles. The first-order valence-corrected chi connectivity index (χ1v) is 6.22. The minimum Gasteiger partial charge on any atom is -0.384 e. The summed E-state index contributed by atoms with van der Waals surface area (Å²) in [5, 5.41) is 0. The highest BCUT2D eigenvalue weighted by atomic mass is 16.5. The number of rotatable bonds is 4. The zero-order valence-electron chi connectivity index (χ0n) is 10.6. The van der Waals surface area contributed by atoms with Gasteiger partial charge >= 0.3 is 0 Å². The van der Waals surface area contributed by atoms with E-state index < -0.39 is 0 Å². The van der Waals surface area contributed by atoms with E-state index in [0.29, 0.717) is 11.7 Å². The fourth-order valence-electron chi connectivity index (χ4n) is 2.17. The molecule has 17 heavy (non-hydrogen) atoms. The Morgan fingerprint density at radius 2 is 2.35 bits per heavy atom. The molecule has 0 bridgehead atoms. The number of nitrogens with zero attached hydrogens (tertiary/aromatic N) is 2. The number of nitrogens with two attached hydrogens (primary N) is 1. The Labute approximate surface area is 103 Å². The monoisotopic (exact) mass is 235 g/mol. The fraction of sp³-hybridized carbons (Fsp3) is 0.615. The molecule has 0 aromatic carbocycles. The molecule has 1 aliphatic heterocycles. The van der Waals surface area contributed by atoms with Crippen molar-refractivity contribution >= 4 is 5.82 Å². The maximum atomic E-state index is 5.78. The highest BCUT2D eigenvalue weighted by molar-refractivity contribution is 5.36. The van der Waals surface area contributed by atoms with E-state index in [9.17, 15) is 0 Å². The highest BCUT2D eigenvalue weighted by Crippen LogP contribution is 2.28. The van der Waals surface area contributed by atoms with Crippen molar-refractivity contribution in [1.29, 1.82) is 0 Å². The fourth-order valence-corrected chi connectivity index (χ4v) is 2.17. The standard InChI is InChI=1S/C13H21N3O/c1-3-16(2)8-12-11(4-5-13(14)15-12)10-6-7-17-9-10/h4-5,10H,3,6-9H2,1-2H3,(H2,14,15). The Hall–Kier alpha value is -1.13. The Morgan fingerprint density at radius 1 is 1.53 bits per heavy atom. The van der Waals surface area contributed by atoms with Gasteiger partial charge in [0.2, 0.25) is 0 Å². The van der Waals surface area contributed by atoms with Gasteiger partial charge in [-0.1, -0.05) is 13.0 Å². The summed E-state index contributed by atoms with van der Waals surface area (Å²) in [4.78, 5) is 6.72. The zero-order chi connectivity index (χ0) is 12.3. The smallest absolute Gasteiger partial charge is 0.123 e. The third-order valence-electron chi connectivity index (χ3n) is 3.36. The van der Waals surface area contributed by atoms with Crippen LogP contribution in [0.1, 0.15) is 30.5 Å². The molecule has 1 saturated heterocycles. The molecule has 1 atom stereocenters. The van der Waals surface area contributed by atoms with Gasteiger partial charge in [0.25, 0.3) is 0 Å². The summed E-state index contributed by atoms with van der Waals surface area (Å²) in [6, 6.07) is 4.00. The lowest BCUT2D eigenvalue weighted by Gasteiger charge is -2.18. The largest absolute Gasteiger partial charge is 0.384 e. The van der Waals surface area contributed by atoms with Crippen LogP contribution >= 0.6 is 0 Å². The van der Waals surface area contributed by atoms with Crippen LogP contribution in [-0.2, 0) is 11.3 Å². The van der Waals surface area contributed by atoms with E-state index in [2.05, 4.69) is 29.9 Å².